The summed E-state index contributed by atoms with van der Waals surface area (Å²) in [5.41, 5.74) is 1.67. The van der Waals surface area contributed by atoms with E-state index in [4.69, 9.17) is 0 Å². The predicted molar refractivity (Wildman–Crippen MR) is 102 cm³/mol. The molecule has 3 rings (SSSR count). The second-order valence-corrected chi connectivity index (χ2v) is 6.21. The van der Waals surface area contributed by atoms with Crippen molar-refractivity contribution in [3.05, 3.63) is 67.4 Å². The fraction of sp³-hybridized carbons (Fsp3) is 0.167. The molecule has 0 aliphatic heterocycles. The molecule has 0 spiro atoms. The molecule has 0 radical (unpaired) electrons. The van der Waals surface area contributed by atoms with E-state index in [1.807, 2.05) is 13.8 Å². The fourth-order valence-electron chi connectivity index (χ4n) is 2.69. The van der Waals surface area contributed by atoms with Crippen molar-refractivity contribution in [3.8, 4) is 5.75 Å². The van der Waals surface area contributed by atoms with E-state index in [1.165, 1.54) is 19.1 Å². The SMILES string of the molecule is Cc1cc2c(N=Nc3cc([N+](=O)[O-])cc([N+](=O)[O-])c3C)ccc(O)c2nc1C. The summed E-state index contributed by atoms with van der Waals surface area (Å²) in [7, 11) is 0. The van der Waals surface area contributed by atoms with Crippen LogP contribution in [0.25, 0.3) is 10.9 Å². The van der Waals surface area contributed by atoms with Gasteiger partial charge in [-0.2, -0.15) is 0 Å². The molecule has 0 saturated heterocycles. The zero-order valence-corrected chi connectivity index (χ0v) is 15.2. The van der Waals surface area contributed by atoms with Gasteiger partial charge in [0.1, 0.15) is 17.0 Å². The standard InChI is InChI=1S/C18H15N5O5/c1-9-6-13-14(4-5-17(24)18(13)19-11(9)3)20-21-15-7-12(22(25)26)8-16(10(15)2)23(27)28/h4-8,24H,1-3H3. The molecule has 1 N–H and O–H groups in total. The molecule has 142 valence electrons. The number of hydrogen-bond acceptors (Lipinski definition) is 8. The number of nitrogens with zero attached hydrogens (tertiary/aromatic N) is 5. The molecule has 0 bridgehead atoms. The highest BCUT2D eigenvalue weighted by atomic mass is 16.6. The van der Waals surface area contributed by atoms with Crippen LogP contribution < -0.4 is 0 Å². The Balaban J connectivity index is 2.17. The molecular formula is C18H15N5O5. The van der Waals surface area contributed by atoms with Crippen molar-refractivity contribution < 1.29 is 15.0 Å². The first kappa shape index (κ1) is 18.8. The summed E-state index contributed by atoms with van der Waals surface area (Å²) in [5, 5.41) is 41.0. The number of benzene rings is 2. The highest BCUT2D eigenvalue weighted by Crippen LogP contribution is 2.36. The predicted octanol–water partition coefficient (Wildman–Crippen LogP) is 5.10. The average Bonchev–Trinajstić information content (AvgIpc) is 2.63. The molecule has 1 heterocycles. The summed E-state index contributed by atoms with van der Waals surface area (Å²) in [6.45, 7) is 5.12. The van der Waals surface area contributed by atoms with Crippen molar-refractivity contribution in [1.82, 2.24) is 4.98 Å². The largest absolute Gasteiger partial charge is 0.506 e. The Morgan fingerprint density at radius 1 is 0.964 bits per heavy atom. The van der Waals surface area contributed by atoms with Crippen LogP contribution in [0.5, 0.6) is 5.75 Å². The Hall–Kier alpha value is -3.95. The van der Waals surface area contributed by atoms with Gasteiger partial charge in [0, 0.05) is 17.1 Å². The smallest absolute Gasteiger partial charge is 0.281 e. The number of aromatic nitrogens is 1. The number of hydrogen-bond donors (Lipinski definition) is 1. The molecule has 1 aromatic heterocycles. The van der Waals surface area contributed by atoms with Gasteiger partial charge in [0.05, 0.1) is 27.2 Å². The van der Waals surface area contributed by atoms with Crippen LogP contribution in [0.15, 0.2) is 40.6 Å². The number of rotatable bonds is 4. The number of phenols is 1. The van der Waals surface area contributed by atoms with Crippen molar-refractivity contribution in [2.45, 2.75) is 20.8 Å². The van der Waals surface area contributed by atoms with Crippen molar-refractivity contribution in [3.63, 3.8) is 0 Å². The first-order chi connectivity index (χ1) is 13.2. The first-order valence-electron chi connectivity index (χ1n) is 8.14. The topological polar surface area (TPSA) is 144 Å². The summed E-state index contributed by atoms with van der Waals surface area (Å²) in [6.07, 6.45) is 0. The normalized spacial score (nSPS) is 11.2. The Morgan fingerprint density at radius 3 is 2.29 bits per heavy atom. The molecule has 28 heavy (non-hydrogen) atoms. The molecular weight excluding hydrogens is 366 g/mol. The Morgan fingerprint density at radius 2 is 1.64 bits per heavy atom. The van der Waals surface area contributed by atoms with E-state index < -0.39 is 21.2 Å². The van der Waals surface area contributed by atoms with E-state index in [-0.39, 0.29) is 17.0 Å². The maximum atomic E-state index is 11.2. The minimum Gasteiger partial charge on any atom is -0.506 e. The van der Waals surface area contributed by atoms with Gasteiger partial charge in [-0.1, -0.05) is 0 Å². The maximum Gasteiger partial charge on any atom is 0.281 e. The summed E-state index contributed by atoms with van der Waals surface area (Å²) >= 11 is 0. The van der Waals surface area contributed by atoms with Gasteiger partial charge in [-0.15, -0.1) is 10.2 Å². The third-order valence-electron chi connectivity index (χ3n) is 4.39. The van der Waals surface area contributed by atoms with Gasteiger partial charge in [0.25, 0.3) is 11.4 Å². The molecule has 0 amide bonds. The third-order valence-corrected chi connectivity index (χ3v) is 4.39. The fourth-order valence-corrected chi connectivity index (χ4v) is 2.69. The molecule has 10 nitrogen and oxygen atoms in total. The molecule has 0 saturated carbocycles. The Bertz CT molecular complexity index is 1170. The van der Waals surface area contributed by atoms with E-state index in [0.717, 1.165) is 23.4 Å². The van der Waals surface area contributed by atoms with E-state index in [2.05, 4.69) is 15.2 Å². The quantitative estimate of drug-likeness (QED) is 0.378. The number of nitro groups is 2. The summed E-state index contributed by atoms with van der Waals surface area (Å²) < 4.78 is 0. The summed E-state index contributed by atoms with van der Waals surface area (Å²) in [5.74, 6) is -0.0146. The van der Waals surface area contributed by atoms with Gasteiger partial charge < -0.3 is 5.11 Å². The van der Waals surface area contributed by atoms with Gasteiger partial charge in [-0.3, -0.25) is 20.2 Å². The lowest BCUT2D eigenvalue weighted by molar-refractivity contribution is -0.394. The van der Waals surface area contributed by atoms with E-state index in [1.54, 1.807) is 6.07 Å². The third kappa shape index (κ3) is 3.34. The molecule has 0 atom stereocenters. The van der Waals surface area contributed by atoms with E-state index in [0.29, 0.717) is 16.6 Å². The number of azo groups is 1. The van der Waals surface area contributed by atoms with Crippen molar-refractivity contribution in [2.24, 2.45) is 10.2 Å². The second kappa shape index (κ2) is 6.99. The number of non-ortho nitro benzene ring substituents is 1. The molecule has 0 fully saturated rings. The van der Waals surface area contributed by atoms with E-state index in [9.17, 15) is 25.3 Å². The number of fused-ring (bicyclic) bond motifs is 1. The number of nitro benzene ring substituents is 2. The van der Waals surface area contributed by atoms with E-state index >= 15 is 0 Å². The van der Waals surface area contributed by atoms with Crippen LogP contribution in [0.3, 0.4) is 0 Å². The molecule has 3 aromatic rings. The maximum absolute atomic E-state index is 11.2. The summed E-state index contributed by atoms with van der Waals surface area (Å²) in [4.78, 5) is 25.2. The molecule has 2 aromatic carbocycles. The highest BCUT2D eigenvalue weighted by Gasteiger charge is 2.21. The lowest BCUT2D eigenvalue weighted by Gasteiger charge is -2.07. The minimum atomic E-state index is -0.725. The molecule has 0 aliphatic carbocycles. The molecule has 10 heteroatoms. The lowest BCUT2D eigenvalue weighted by atomic mass is 10.1. The van der Waals surface area contributed by atoms with Gasteiger partial charge in [-0.05, 0) is 44.5 Å². The summed E-state index contributed by atoms with van der Waals surface area (Å²) in [6, 6.07) is 6.76. The monoisotopic (exact) mass is 381 g/mol. The number of aryl methyl sites for hydroxylation is 2. The van der Waals surface area contributed by atoms with Crippen LogP contribution in [0.4, 0.5) is 22.7 Å². The number of pyridine rings is 1. The second-order valence-electron chi connectivity index (χ2n) is 6.21. The zero-order chi connectivity index (χ0) is 20.6. The lowest BCUT2D eigenvalue weighted by Crippen LogP contribution is -1.95. The van der Waals surface area contributed by atoms with Crippen LogP contribution in [0, 0.1) is 41.0 Å². The number of aromatic hydroxyl groups is 1. The molecule has 0 aliphatic rings. The van der Waals surface area contributed by atoms with Crippen LogP contribution >= 0.6 is 0 Å². The van der Waals surface area contributed by atoms with Gasteiger partial charge in [0.2, 0.25) is 0 Å². The average molecular weight is 381 g/mol. The Labute approximate surface area is 158 Å². The van der Waals surface area contributed by atoms with Crippen LogP contribution in [-0.4, -0.2) is 19.9 Å². The molecule has 0 unspecified atom stereocenters. The minimum absolute atomic E-state index is 0.0129. The van der Waals surface area contributed by atoms with Crippen LogP contribution in [-0.2, 0) is 0 Å². The number of phenolic OH excluding ortho intramolecular Hbond substituents is 1. The zero-order valence-electron chi connectivity index (χ0n) is 15.2. The van der Waals surface area contributed by atoms with Gasteiger partial charge in [-0.25, -0.2) is 4.98 Å². The van der Waals surface area contributed by atoms with Crippen molar-refractivity contribution in [1.29, 1.82) is 0 Å². The Kier molecular flexibility index (Phi) is 4.70. The van der Waals surface area contributed by atoms with Crippen molar-refractivity contribution >= 4 is 33.7 Å². The van der Waals surface area contributed by atoms with Crippen molar-refractivity contribution in [2.75, 3.05) is 0 Å². The highest BCUT2D eigenvalue weighted by molar-refractivity contribution is 5.94. The van der Waals surface area contributed by atoms with Gasteiger partial charge in [0.15, 0.2) is 0 Å². The van der Waals surface area contributed by atoms with Crippen LogP contribution in [0.2, 0.25) is 0 Å². The van der Waals surface area contributed by atoms with Crippen LogP contribution in [0.1, 0.15) is 16.8 Å². The first-order valence-corrected chi connectivity index (χ1v) is 8.14. The van der Waals surface area contributed by atoms with Gasteiger partial charge >= 0.3 is 0 Å².